The Morgan fingerprint density at radius 3 is 1.08 bits per heavy atom. The first-order chi connectivity index (χ1) is 52.9. The van der Waals surface area contributed by atoms with E-state index in [9.17, 15) is 112 Å². The molecule has 4 aliphatic carbocycles. The largest absolute Gasteiger partial charge is 0.462 e. The van der Waals surface area contributed by atoms with Gasteiger partial charge in [-0.05, 0) is 91.3 Å². The predicted octanol–water partition coefficient (Wildman–Crippen LogP) is -6.95. The topological polar surface area (TPSA) is 586 Å². The minimum atomic E-state index is -2.31. The van der Waals surface area contributed by atoms with Gasteiger partial charge in [-0.15, -0.1) is 0 Å². The van der Waals surface area contributed by atoms with Crippen molar-refractivity contribution >= 4 is 11.9 Å². The van der Waals surface area contributed by atoms with Gasteiger partial charge < -0.3 is 178 Å². The summed E-state index contributed by atoms with van der Waals surface area (Å²) in [4.78, 5) is 28.1. The second-order valence-electron chi connectivity index (χ2n) is 33.3. The smallest absolute Gasteiger partial charge is 0.306 e. The molecule has 20 N–H and O–H groups in total. The van der Waals surface area contributed by atoms with Crippen LogP contribution in [-0.2, 0) is 85.4 Å². The Labute approximate surface area is 640 Å². The van der Waals surface area contributed by atoms with Crippen molar-refractivity contribution in [2.45, 2.75) is 339 Å². The minimum absolute atomic E-state index is 0.0784. The molecule has 19 rings (SSSR count). The van der Waals surface area contributed by atoms with E-state index in [1.165, 1.54) is 44.1 Å². The molecule has 111 heavy (non-hydrogen) atoms. The summed E-state index contributed by atoms with van der Waals surface area (Å²) in [6, 6.07) is 0. The summed E-state index contributed by atoms with van der Waals surface area (Å²) in [7, 11) is 0. The molecule has 0 aromatic rings. The molecule has 638 valence electrons. The van der Waals surface area contributed by atoms with E-state index in [1.54, 1.807) is 0 Å². The first kappa shape index (κ1) is 87.6. The Bertz CT molecular complexity index is 3020. The molecular weight excluding hydrogens is 1480 g/mol. The Morgan fingerprint density at radius 2 is 0.730 bits per heavy atom. The lowest BCUT2D eigenvalue weighted by Gasteiger charge is -2.58. The van der Waals surface area contributed by atoms with Crippen molar-refractivity contribution < 1.29 is 188 Å². The molecule has 14 bridgehead atoms. The van der Waals surface area contributed by atoms with Gasteiger partial charge in [-0.25, -0.2) is 0 Å². The molecular formula is C73H118O38. The Balaban J connectivity index is 0.774. The molecule has 0 aromatic carbocycles. The van der Waals surface area contributed by atoms with E-state index in [1.807, 2.05) is 0 Å². The van der Waals surface area contributed by atoms with Crippen LogP contribution in [0.25, 0.3) is 0 Å². The third-order valence-electron chi connectivity index (χ3n) is 26.1. The molecule has 0 amide bonds. The zero-order chi connectivity index (χ0) is 80.1. The highest BCUT2D eigenvalue weighted by molar-refractivity contribution is 5.78. The average Bonchev–Trinajstić information content (AvgIpc) is 1.68. The number of hydrogen-bond donors (Lipinski definition) is 20. The van der Waals surface area contributed by atoms with Gasteiger partial charge in [-0.2, -0.15) is 0 Å². The van der Waals surface area contributed by atoms with E-state index < -0.39 is 292 Å². The minimum Gasteiger partial charge on any atom is -0.462 e. The van der Waals surface area contributed by atoms with Crippen molar-refractivity contribution in [3.63, 3.8) is 0 Å². The first-order valence-electron chi connectivity index (χ1n) is 39.2. The number of carbonyl (C=O) groups is 2. The average molecular weight is 1600 g/mol. The highest BCUT2D eigenvalue weighted by Gasteiger charge is 2.63. The molecule has 15 saturated heterocycles. The zero-order valence-electron chi connectivity index (χ0n) is 62.8. The van der Waals surface area contributed by atoms with E-state index in [2.05, 4.69) is 40.7 Å². The van der Waals surface area contributed by atoms with Crippen molar-refractivity contribution in [3.05, 3.63) is 11.6 Å². The van der Waals surface area contributed by atoms with Crippen molar-refractivity contribution in [1.82, 2.24) is 0 Å². The fourth-order valence-electron chi connectivity index (χ4n) is 19.9. The lowest BCUT2D eigenvalue weighted by molar-refractivity contribution is -0.396. The second kappa shape index (κ2) is 36.9. The van der Waals surface area contributed by atoms with Crippen LogP contribution in [0.3, 0.4) is 0 Å². The van der Waals surface area contributed by atoms with Gasteiger partial charge in [0.1, 0.15) is 171 Å². The fourth-order valence-corrected chi connectivity index (χ4v) is 19.9. The number of fused-ring (bicyclic) bond motifs is 12. The molecule has 38 heteroatoms. The predicted molar refractivity (Wildman–Crippen MR) is 364 cm³/mol. The number of allylic oxidation sites excluding steroid dienone is 1. The SMILES string of the molecule is CC(C)CCC[C@@H](C)[C@H]1CC[C@H]2[C@@H]3CC=C4C[C@@H](OC(=O)CCC(=O)O[C@H]5[C@H]6O[C@H]7[C@H](O)[C@@H](O)[C@@H](O[C@H]8[C@H](O)[C@@H](O)[C@@H](O[C@H]9[C@H](O)[C@@H](O)[C@@H](O[C@H]%10[C@H](O)[C@@H](O)[C@@H](O[C@H]%11[C@H](O)[C@@H](O)[C@@H](O[C@H]%12[C@H](O)[C@@H](O)[C@@H](O[C@@H]([C@@H]5O)[C@@H](CO)O6)O[C@@H]%12CO)O[C@@H]%11CO)O[C@@H]%10CO)O[C@@H]9CO)O[C@@H]8CO)O[C@@H]7CO)CC[C@]4(C)[C@H]3CC[C@]12C. The number of hydrogen-bond acceptors (Lipinski definition) is 38. The van der Waals surface area contributed by atoms with E-state index >= 15 is 0 Å². The number of esters is 2. The third kappa shape index (κ3) is 17.6. The lowest BCUT2D eigenvalue weighted by atomic mass is 9.47. The molecule has 0 aromatic heterocycles. The van der Waals surface area contributed by atoms with Crippen molar-refractivity contribution in [2.75, 3.05) is 46.2 Å². The highest BCUT2D eigenvalue weighted by Crippen LogP contribution is 2.67. The molecule has 43 atom stereocenters. The zero-order valence-corrected chi connectivity index (χ0v) is 62.8. The molecule has 0 unspecified atom stereocenters. The van der Waals surface area contributed by atoms with Crippen LogP contribution in [0.15, 0.2) is 11.6 Å². The summed E-state index contributed by atoms with van der Waals surface area (Å²) in [5, 5.41) is 227. The van der Waals surface area contributed by atoms with Gasteiger partial charge in [0.05, 0.1) is 59.1 Å². The molecule has 19 aliphatic rings. The van der Waals surface area contributed by atoms with Gasteiger partial charge in [0.25, 0.3) is 0 Å². The summed E-state index contributed by atoms with van der Waals surface area (Å²) < 4.78 is 94.0. The quantitative estimate of drug-likeness (QED) is 0.0475. The Morgan fingerprint density at radius 1 is 0.396 bits per heavy atom. The van der Waals surface area contributed by atoms with Gasteiger partial charge in [0.15, 0.2) is 50.1 Å². The Kier molecular flexibility index (Phi) is 29.1. The van der Waals surface area contributed by atoms with Crippen LogP contribution in [0.2, 0.25) is 0 Å². The maximum absolute atomic E-state index is 14.2. The summed E-state index contributed by atoms with van der Waals surface area (Å²) in [6.07, 6.45) is -60.7. The van der Waals surface area contributed by atoms with E-state index in [4.69, 9.17) is 75.8 Å². The summed E-state index contributed by atoms with van der Waals surface area (Å²) in [6.45, 7) is 4.26. The number of rotatable bonds is 17. The molecule has 0 radical (unpaired) electrons. The van der Waals surface area contributed by atoms with Gasteiger partial charge in [0, 0.05) is 6.42 Å². The maximum Gasteiger partial charge on any atom is 0.306 e. The summed E-state index contributed by atoms with van der Waals surface area (Å²) in [5.41, 5.74) is 1.47. The first-order valence-corrected chi connectivity index (χ1v) is 39.2. The van der Waals surface area contributed by atoms with Crippen molar-refractivity contribution in [3.8, 4) is 0 Å². The molecule has 15 aliphatic heterocycles. The second-order valence-corrected chi connectivity index (χ2v) is 33.3. The lowest BCUT2D eigenvalue weighted by Crippen LogP contribution is -2.68. The number of aliphatic hydroxyl groups excluding tert-OH is 20. The van der Waals surface area contributed by atoms with Crippen LogP contribution in [0.4, 0.5) is 0 Å². The van der Waals surface area contributed by atoms with Gasteiger partial charge in [0.2, 0.25) is 0 Å². The maximum atomic E-state index is 14.2. The van der Waals surface area contributed by atoms with Crippen LogP contribution in [0.5, 0.6) is 0 Å². The summed E-state index contributed by atoms with van der Waals surface area (Å²) >= 11 is 0. The number of aliphatic hydroxyl groups is 20. The standard InChI is InChI=1S/C73H118O38/c1-27(2)7-6-8-28(3)32-11-12-33-31-10-9-29-19-30(15-17-72(29,4)34(31)16-18-73(32,33)5)96-42(81)13-14-43(82)104-64-56(95)63-41(26-80)103-71(64)111-62-40(25-79)102-69(55(94)49(62)88)109-60-38(23-77)100-67(53(92)47(60)86)107-58-36(21-75)98-65(51(90)45(58)84)105-57-35(20-74)97-66(50(89)44(57)83)106-59-37(22-76)99-68(52(91)46(59)85)108-61-39(24-78)101-70(110-63)54(93)48(61)87/h9,27-28,30-41,44-71,74-80,83-95H,6-8,10-26H2,1-5H3/t28-,30+,31+,32-,33+,34+,35-,36-,37-,38-,39-,40-,41-,44-,45-,46-,47-,48-,49-,50-,51-,52-,53-,54-,55-,56+,57-,58-,59-,60-,61-,62-,63-,64-,65-,66-,67-,68-,69-,70-,71-,72+,73-/m1/s1. The molecule has 0 spiro atoms. The van der Waals surface area contributed by atoms with E-state index in [0.717, 1.165) is 19.3 Å². The van der Waals surface area contributed by atoms with Crippen LogP contribution in [-0.4, -0.2) is 381 Å². The van der Waals surface area contributed by atoms with Crippen LogP contribution in [0.1, 0.15) is 118 Å². The monoisotopic (exact) mass is 1600 g/mol. The van der Waals surface area contributed by atoms with Gasteiger partial charge in [-0.1, -0.05) is 65.5 Å². The van der Waals surface area contributed by atoms with Crippen LogP contribution in [0, 0.1) is 46.3 Å². The molecule has 38 nitrogen and oxygen atoms in total. The van der Waals surface area contributed by atoms with E-state index in [0.29, 0.717) is 48.3 Å². The van der Waals surface area contributed by atoms with Gasteiger partial charge >= 0.3 is 11.9 Å². The fraction of sp³-hybridized carbons (Fsp3) is 0.945. The normalized spacial score (nSPS) is 50.8. The van der Waals surface area contributed by atoms with Crippen molar-refractivity contribution in [1.29, 1.82) is 0 Å². The highest BCUT2D eigenvalue weighted by atomic mass is 16.8. The molecule has 15 heterocycles. The van der Waals surface area contributed by atoms with Crippen LogP contribution >= 0.6 is 0 Å². The summed E-state index contributed by atoms with van der Waals surface area (Å²) in [5.74, 6) is 1.77. The Hall–Kier alpha value is -2.68. The number of carbonyl (C=O) groups excluding carboxylic acids is 2. The van der Waals surface area contributed by atoms with Crippen molar-refractivity contribution in [2.24, 2.45) is 46.3 Å². The van der Waals surface area contributed by atoms with Crippen LogP contribution < -0.4 is 0 Å². The van der Waals surface area contributed by atoms with Gasteiger partial charge in [-0.3, -0.25) is 9.59 Å². The third-order valence-corrected chi connectivity index (χ3v) is 26.1. The van der Waals surface area contributed by atoms with E-state index in [-0.39, 0.29) is 10.8 Å². The molecule has 18 fully saturated rings. The number of ether oxygens (including phenoxy) is 16. The molecule has 3 saturated carbocycles.